The predicted molar refractivity (Wildman–Crippen MR) is 108 cm³/mol. The van der Waals surface area contributed by atoms with Crippen LogP contribution in [0.2, 0.25) is 0 Å². The molecule has 29 heavy (non-hydrogen) atoms. The Labute approximate surface area is 179 Å². The quantitative estimate of drug-likeness (QED) is 0.435. The molecule has 9 heteroatoms. The van der Waals surface area contributed by atoms with Crippen LogP contribution in [0.15, 0.2) is 16.6 Å². The van der Waals surface area contributed by atoms with Crippen LogP contribution in [0.25, 0.3) is 0 Å². The van der Waals surface area contributed by atoms with Crippen molar-refractivity contribution in [2.24, 2.45) is 0 Å². The zero-order valence-electron chi connectivity index (χ0n) is 16.6. The first-order valence-electron chi connectivity index (χ1n) is 9.22. The molecule has 1 rings (SSSR count). The number of rotatable bonds is 12. The number of amides is 1. The summed E-state index contributed by atoms with van der Waals surface area (Å²) in [6.45, 7) is 4.58. The van der Waals surface area contributed by atoms with Crippen LogP contribution in [0.4, 0.5) is 0 Å². The van der Waals surface area contributed by atoms with Crippen LogP contribution in [0.3, 0.4) is 0 Å². The summed E-state index contributed by atoms with van der Waals surface area (Å²) in [5.41, 5.74) is 0.639. The molecule has 1 aromatic carbocycles. The van der Waals surface area contributed by atoms with Crippen molar-refractivity contribution in [1.29, 1.82) is 10.5 Å². The van der Waals surface area contributed by atoms with Crippen LogP contribution in [0.1, 0.15) is 32.3 Å². The minimum Gasteiger partial charge on any atom is -0.490 e. The van der Waals surface area contributed by atoms with E-state index >= 15 is 0 Å². The Morgan fingerprint density at radius 3 is 2.10 bits per heavy atom. The number of halogens is 1. The maximum atomic E-state index is 12.2. The van der Waals surface area contributed by atoms with Crippen LogP contribution in [0.5, 0.6) is 11.5 Å². The molecule has 0 fully saturated rings. The molecule has 0 aromatic heterocycles. The molecule has 1 amide bonds. The molecule has 0 aliphatic rings. The number of carbonyl (C=O) groups excluding carboxylic acids is 2. The molecule has 0 bridgehead atoms. The van der Waals surface area contributed by atoms with Crippen molar-refractivity contribution in [3.8, 4) is 23.6 Å². The van der Waals surface area contributed by atoms with Gasteiger partial charge in [0, 0.05) is 17.6 Å². The van der Waals surface area contributed by atoms with Crippen molar-refractivity contribution in [2.75, 3.05) is 32.9 Å². The first-order chi connectivity index (χ1) is 14.0. The van der Waals surface area contributed by atoms with Crippen molar-refractivity contribution in [1.82, 2.24) is 4.90 Å². The third kappa shape index (κ3) is 8.41. The Hall–Kier alpha value is -2.78. The van der Waals surface area contributed by atoms with Gasteiger partial charge in [-0.1, -0.05) is 15.9 Å². The van der Waals surface area contributed by atoms with Gasteiger partial charge in [-0.05, 0) is 31.5 Å². The Morgan fingerprint density at radius 2 is 1.59 bits per heavy atom. The number of hydrogen-bond acceptors (Lipinski definition) is 7. The Bertz CT molecular complexity index is 768. The van der Waals surface area contributed by atoms with Gasteiger partial charge in [0.2, 0.25) is 0 Å². The molecule has 0 aliphatic carbocycles. The van der Waals surface area contributed by atoms with Gasteiger partial charge in [-0.2, -0.15) is 10.5 Å². The Morgan fingerprint density at radius 1 is 1.03 bits per heavy atom. The summed E-state index contributed by atoms with van der Waals surface area (Å²) in [6, 6.07) is 7.33. The van der Waals surface area contributed by atoms with Gasteiger partial charge < -0.3 is 19.1 Å². The second-order valence-corrected chi connectivity index (χ2v) is 6.65. The van der Waals surface area contributed by atoms with Gasteiger partial charge in [-0.3, -0.25) is 9.59 Å². The second-order valence-electron chi connectivity index (χ2n) is 5.79. The highest BCUT2D eigenvalue weighted by Crippen LogP contribution is 2.34. The molecular formula is C20H24BrN3O5. The average molecular weight is 466 g/mol. The number of nitriles is 2. The molecule has 0 saturated carbocycles. The zero-order chi connectivity index (χ0) is 21.6. The monoisotopic (exact) mass is 465 g/mol. The van der Waals surface area contributed by atoms with Crippen LogP contribution in [-0.4, -0.2) is 49.7 Å². The lowest BCUT2D eigenvalue weighted by atomic mass is 10.1. The van der Waals surface area contributed by atoms with E-state index in [9.17, 15) is 9.59 Å². The highest BCUT2D eigenvalue weighted by molar-refractivity contribution is 9.10. The normalized spacial score (nSPS) is 9.83. The van der Waals surface area contributed by atoms with Gasteiger partial charge in [0.15, 0.2) is 18.1 Å². The maximum absolute atomic E-state index is 12.2. The van der Waals surface area contributed by atoms with E-state index in [2.05, 4.69) is 15.9 Å². The van der Waals surface area contributed by atoms with E-state index in [1.54, 1.807) is 12.1 Å². The Kier molecular flexibility index (Phi) is 11.2. The molecule has 0 aliphatic heterocycles. The van der Waals surface area contributed by atoms with Gasteiger partial charge in [0.25, 0.3) is 5.91 Å². The minimum absolute atomic E-state index is 0.0588. The first kappa shape index (κ1) is 24.3. The molecule has 156 valence electrons. The minimum atomic E-state index is -0.578. The largest absolute Gasteiger partial charge is 0.490 e. The van der Waals surface area contributed by atoms with E-state index in [-0.39, 0.29) is 32.4 Å². The van der Waals surface area contributed by atoms with Gasteiger partial charge in [0.05, 0.1) is 44.6 Å². The summed E-state index contributed by atoms with van der Waals surface area (Å²) in [7, 11) is 0. The number of benzene rings is 1. The van der Waals surface area contributed by atoms with Gasteiger partial charge in [0.1, 0.15) is 0 Å². The van der Waals surface area contributed by atoms with E-state index in [1.807, 2.05) is 26.0 Å². The lowest BCUT2D eigenvalue weighted by molar-refractivity contribution is -0.151. The second kappa shape index (κ2) is 13.4. The van der Waals surface area contributed by atoms with E-state index in [4.69, 9.17) is 24.7 Å². The van der Waals surface area contributed by atoms with Gasteiger partial charge in [-0.25, -0.2) is 0 Å². The van der Waals surface area contributed by atoms with Crippen molar-refractivity contribution >= 4 is 27.8 Å². The van der Waals surface area contributed by atoms with E-state index < -0.39 is 18.5 Å². The molecule has 8 nitrogen and oxygen atoms in total. The fraction of sp³-hybridized carbons (Fsp3) is 0.500. The van der Waals surface area contributed by atoms with Crippen molar-refractivity contribution in [3.63, 3.8) is 0 Å². The number of hydrogen-bond donors (Lipinski definition) is 0. The standard InChI is InChI=1S/C20H24BrN3O5/c1-3-27-17-11-15(16(21)13-18(17)28-4-2)12-20(26)29-14-19(25)24(9-5-7-22)10-6-8-23/h11,13H,3-6,9-10,12,14H2,1-2H3. The van der Waals surface area contributed by atoms with Crippen molar-refractivity contribution < 1.29 is 23.8 Å². The van der Waals surface area contributed by atoms with Crippen molar-refractivity contribution in [2.45, 2.75) is 33.1 Å². The number of esters is 1. The van der Waals surface area contributed by atoms with Crippen LogP contribution >= 0.6 is 15.9 Å². The summed E-state index contributed by atoms with van der Waals surface area (Å²) < 4.78 is 16.8. The summed E-state index contributed by atoms with van der Waals surface area (Å²) in [4.78, 5) is 25.8. The average Bonchev–Trinajstić information content (AvgIpc) is 2.70. The molecule has 0 atom stereocenters. The molecule has 0 heterocycles. The van der Waals surface area contributed by atoms with E-state index in [0.29, 0.717) is 34.7 Å². The van der Waals surface area contributed by atoms with E-state index in [0.717, 1.165) is 0 Å². The highest BCUT2D eigenvalue weighted by Gasteiger charge is 2.18. The summed E-state index contributed by atoms with van der Waals surface area (Å²) in [6.07, 6.45) is 0.228. The lowest BCUT2D eigenvalue weighted by Gasteiger charge is -2.20. The third-order valence-corrected chi connectivity index (χ3v) is 4.48. The lowest BCUT2D eigenvalue weighted by Crippen LogP contribution is -2.36. The SMILES string of the molecule is CCOc1cc(Br)c(CC(=O)OCC(=O)N(CCC#N)CCC#N)cc1OCC. The number of carbonyl (C=O) groups is 2. The molecule has 1 aromatic rings. The van der Waals surface area contributed by atoms with E-state index in [1.165, 1.54) is 4.90 Å². The zero-order valence-corrected chi connectivity index (χ0v) is 18.2. The van der Waals surface area contributed by atoms with Crippen LogP contribution in [-0.2, 0) is 20.7 Å². The van der Waals surface area contributed by atoms with Crippen LogP contribution < -0.4 is 9.47 Å². The fourth-order valence-electron chi connectivity index (χ4n) is 2.42. The molecule has 0 N–H and O–H groups in total. The summed E-state index contributed by atoms with van der Waals surface area (Å²) >= 11 is 3.41. The molecule has 0 radical (unpaired) electrons. The summed E-state index contributed by atoms with van der Waals surface area (Å²) in [5, 5.41) is 17.4. The van der Waals surface area contributed by atoms with Gasteiger partial charge in [-0.15, -0.1) is 0 Å². The van der Waals surface area contributed by atoms with Crippen LogP contribution in [0, 0.1) is 22.7 Å². The molecular weight excluding hydrogens is 442 g/mol. The molecule has 0 saturated heterocycles. The fourth-order valence-corrected chi connectivity index (χ4v) is 2.88. The smallest absolute Gasteiger partial charge is 0.310 e. The van der Waals surface area contributed by atoms with Crippen molar-refractivity contribution in [3.05, 3.63) is 22.2 Å². The number of nitrogens with zero attached hydrogens (tertiary/aromatic N) is 3. The maximum Gasteiger partial charge on any atom is 0.310 e. The topological polar surface area (TPSA) is 113 Å². The Balaban J connectivity index is 2.73. The first-order valence-corrected chi connectivity index (χ1v) is 10.0. The molecule has 0 unspecified atom stereocenters. The van der Waals surface area contributed by atoms with Gasteiger partial charge >= 0.3 is 5.97 Å². The predicted octanol–water partition coefficient (Wildman–Crippen LogP) is 2.99. The highest BCUT2D eigenvalue weighted by atomic mass is 79.9. The molecule has 0 spiro atoms. The summed E-state index contributed by atoms with van der Waals surface area (Å²) in [5.74, 6) is 0.0746. The number of ether oxygens (including phenoxy) is 3. The third-order valence-electron chi connectivity index (χ3n) is 3.74.